The summed E-state index contributed by atoms with van der Waals surface area (Å²) in [6.07, 6.45) is 27.6. The van der Waals surface area contributed by atoms with Crippen molar-refractivity contribution in [2.45, 2.75) is 31.0 Å². The number of pyridine rings is 2. The predicted molar refractivity (Wildman–Crippen MR) is 211 cm³/mol. The van der Waals surface area contributed by atoms with E-state index < -0.39 is 0 Å². The van der Waals surface area contributed by atoms with Gasteiger partial charge >= 0.3 is 0 Å². The molecule has 0 amide bonds. The third kappa shape index (κ3) is 5.35. The maximum Gasteiger partial charge on any atom is 0.196 e. The molecule has 3 aliphatic heterocycles. The number of benzene rings is 3. The van der Waals surface area contributed by atoms with Gasteiger partial charge in [-0.05, 0) is 95.9 Å². The van der Waals surface area contributed by atoms with E-state index in [1.165, 1.54) is 28.0 Å². The first-order chi connectivity index (χ1) is 25.8. The Morgan fingerprint density at radius 3 is 2.25 bits per heavy atom. The zero-order valence-corrected chi connectivity index (χ0v) is 28.6. The maximum atomic E-state index is 6.70. The quantitative estimate of drug-likeness (QED) is 0.187. The summed E-state index contributed by atoms with van der Waals surface area (Å²) in [6, 6.07) is 30.7. The summed E-state index contributed by atoms with van der Waals surface area (Å²) in [5.74, 6) is 1.17. The average molecular weight is 676 g/mol. The molecule has 0 saturated carbocycles. The number of anilines is 3. The van der Waals surface area contributed by atoms with Crippen LogP contribution < -0.4 is 20.3 Å². The molecule has 52 heavy (non-hydrogen) atoms. The Kier molecular flexibility index (Phi) is 7.45. The molecule has 3 atom stereocenters. The van der Waals surface area contributed by atoms with Crippen LogP contribution in [0.25, 0.3) is 39.2 Å². The first-order valence-electron chi connectivity index (χ1n) is 18.1. The minimum absolute atomic E-state index is 0.157. The van der Waals surface area contributed by atoms with Crippen LogP contribution in [0.3, 0.4) is 0 Å². The topological polar surface area (TPSA) is 62.3 Å². The van der Waals surface area contributed by atoms with Crippen LogP contribution in [-0.2, 0) is 0 Å². The maximum absolute atomic E-state index is 6.70. The minimum Gasteiger partial charge on any atom is -0.464 e. The predicted octanol–water partition coefficient (Wildman–Crippen LogP) is 10.1. The molecule has 2 aromatic heterocycles. The van der Waals surface area contributed by atoms with Crippen molar-refractivity contribution in [1.29, 1.82) is 0 Å². The number of allylic oxidation sites excluding steroid dienone is 6. The summed E-state index contributed by atoms with van der Waals surface area (Å²) in [5.41, 5.74) is 14.5. The highest BCUT2D eigenvalue weighted by atomic mass is 16.5. The fourth-order valence-electron chi connectivity index (χ4n) is 8.04. The van der Waals surface area contributed by atoms with Gasteiger partial charge in [0.2, 0.25) is 0 Å². The number of rotatable bonds is 6. The second-order valence-electron chi connectivity index (χ2n) is 13.7. The van der Waals surface area contributed by atoms with E-state index in [0.29, 0.717) is 0 Å². The number of dihydropyridines is 1. The first kappa shape index (κ1) is 30.4. The van der Waals surface area contributed by atoms with Gasteiger partial charge in [-0.1, -0.05) is 85.0 Å². The van der Waals surface area contributed by atoms with Crippen LogP contribution in [0, 0.1) is 0 Å². The summed E-state index contributed by atoms with van der Waals surface area (Å²) in [6.45, 7) is 0.847. The van der Waals surface area contributed by atoms with Crippen LogP contribution in [-0.4, -0.2) is 28.8 Å². The van der Waals surface area contributed by atoms with Gasteiger partial charge in [0.25, 0.3) is 0 Å². The molecular formula is C46H37N5O. The first-order valence-corrected chi connectivity index (χ1v) is 18.1. The van der Waals surface area contributed by atoms with Crippen LogP contribution >= 0.6 is 0 Å². The molecule has 3 aromatic carbocycles. The van der Waals surface area contributed by atoms with E-state index in [2.05, 4.69) is 148 Å². The lowest BCUT2D eigenvalue weighted by Crippen LogP contribution is -2.28. The molecule has 0 saturated heterocycles. The van der Waals surface area contributed by atoms with Crippen molar-refractivity contribution in [3.63, 3.8) is 0 Å². The number of aromatic nitrogens is 2. The van der Waals surface area contributed by atoms with Crippen molar-refractivity contribution in [1.82, 2.24) is 15.3 Å². The zero-order chi connectivity index (χ0) is 34.4. The Morgan fingerprint density at radius 2 is 1.48 bits per heavy atom. The van der Waals surface area contributed by atoms with Gasteiger partial charge in [-0.3, -0.25) is 4.98 Å². The summed E-state index contributed by atoms with van der Waals surface area (Å²) in [5, 5.41) is 6.87. The highest BCUT2D eigenvalue weighted by molar-refractivity contribution is 5.85. The molecule has 3 unspecified atom stereocenters. The molecule has 0 fully saturated rings. The summed E-state index contributed by atoms with van der Waals surface area (Å²) >= 11 is 0. The number of nitrogens with zero attached hydrogens (tertiary/aromatic N) is 3. The van der Waals surface area contributed by atoms with Crippen molar-refractivity contribution in [3.8, 4) is 39.4 Å². The Balaban J connectivity index is 0.998. The van der Waals surface area contributed by atoms with Gasteiger partial charge in [0.05, 0.1) is 23.1 Å². The highest BCUT2D eigenvalue weighted by Gasteiger charge is 2.42. The molecule has 0 spiro atoms. The second kappa shape index (κ2) is 12.7. The van der Waals surface area contributed by atoms with Crippen molar-refractivity contribution in [2.24, 2.45) is 0 Å². The lowest BCUT2D eigenvalue weighted by Gasteiger charge is -2.28. The molecule has 5 aromatic rings. The van der Waals surface area contributed by atoms with Crippen molar-refractivity contribution in [3.05, 3.63) is 175 Å². The highest BCUT2D eigenvalue weighted by Crippen LogP contribution is 2.55. The van der Waals surface area contributed by atoms with Gasteiger partial charge in [-0.25, -0.2) is 4.98 Å². The van der Waals surface area contributed by atoms with E-state index in [4.69, 9.17) is 9.72 Å². The van der Waals surface area contributed by atoms with Gasteiger partial charge in [0.1, 0.15) is 0 Å². The van der Waals surface area contributed by atoms with E-state index in [-0.39, 0.29) is 18.2 Å². The molecule has 252 valence electrons. The molecule has 5 aliphatic rings. The summed E-state index contributed by atoms with van der Waals surface area (Å²) < 4.78 is 6.70. The number of fused-ring (bicyclic) bond motifs is 5. The van der Waals surface area contributed by atoms with Crippen LogP contribution in [0.5, 0.6) is 5.75 Å². The summed E-state index contributed by atoms with van der Waals surface area (Å²) in [4.78, 5) is 11.9. The third-order valence-corrected chi connectivity index (χ3v) is 10.6. The standard InChI is InChI=1S/C46H37N5O/c1-2-6-35(7-3-1)46-50-39-18-19-43-44(45(39)52-46)38-8-4-5-9-42(38)51(43)37-16-14-33(15-17-37)40-28-36(29-41(49-40)34-22-26-48-27-23-34)31-12-10-30(11-13-31)32-20-24-47-25-21-32/h2,4-24,26-29,38,42,46-47,50H,1,3,25H2. The van der Waals surface area contributed by atoms with E-state index in [0.717, 1.165) is 70.2 Å². The number of hydrogen-bond acceptors (Lipinski definition) is 6. The van der Waals surface area contributed by atoms with Crippen molar-refractivity contribution < 1.29 is 4.74 Å². The Hall–Kier alpha value is -6.40. The van der Waals surface area contributed by atoms with Gasteiger partial charge < -0.3 is 20.3 Å². The molecular weight excluding hydrogens is 639 g/mol. The molecule has 2 aliphatic carbocycles. The SMILES string of the molecule is C1=CC2c3c(ccc4c3OC(C3=CCCC=C3)N4)N(c3ccc(-c4cc(-c5ccc(C6=CCNC=C6)cc5)cc(-c5ccncc5)n4)cc3)C2C=C1. The Labute approximate surface area is 303 Å². The number of ether oxygens (including phenoxy) is 1. The number of nitrogens with one attached hydrogen (secondary N) is 2. The second-order valence-corrected chi connectivity index (χ2v) is 13.7. The molecule has 0 bridgehead atoms. The third-order valence-electron chi connectivity index (χ3n) is 10.6. The molecule has 6 nitrogen and oxygen atoms in total. The van der Waals surface area contributed by atoms with Gasteiger partial charge in [0, 0.05) is 58.5 Å². The zero-order valence-electron chi connectivity index (χ0n) is 28.6. The van der Waals surface area contributed by atoms with E-state index >= 15 is 0 Å². The normalized spacial score (nSPS) is 20.6. The molecule has 10 rings (SSSR count). The van der Waals surface area contributed by atoms with E-state index in [1.807, 2.05) is 30.7 Å². The fourth-order valence-corrected chi connectivity index (χ4v) is 8.04. The smallest absolute Gasteiger partial charge is 0.196 e. The largest absolute Gasteiger partial charge is 0.464 e. The van der Waals surface area contributed by atoms with Crippen LogP contribution in [0.15, 0.2) is 164 Å². The van der Waals surface area contributed by atoms with E-state index in [9.17, 15) is 0 Å². The molecule has 2 N–H and O–H groups in total. The molecule has 6 heteroatoms. The lowest BCUT2D eigenvalue weighted by molar-refractivity contribution is 0.290. The lowest BCUT2D eigenvalue weighted by atomic mass is 9.90. The van der Waals surface area contributed by atoms with Gasteiger partial charge in [-0.15, -0.1) is 0 Å². The Morgan fingerprint density at radius 1 is 0.712 bits per heavy atom. The van der Waals surface area contributed by atoms with Crippen LogP contribution in [0.2, 0.25) is 0 Å². The molecule has 5 heterocycles. The van der Waals surface area contributed by atoms with Crippen LogP contribution in [0.1, 0.15) is 29.9 Å². The van der Waals surface area contributed by atoms with Crippen LogP contribution in [0.4, 0.5) is 17.1 Å². The molecule has 0 radical (unpaired) electrons. The van der Waals surface area contributed by atoms with Crippen molar-refractivity contribution in [2.75, 3.05) is 16.8 Å². The van der Waals surface area contributed by atoms with Gasteiger partial charge in [-0.2, -0.15) is 0 Å². The number of hydrogen-bond donors (Lipinski definition) is 2. The summed E-state index contributed by atoms with van der Waals surface area (Å²) in [7, 11) is 0. The monoisotopic (exact) mass is 675 g/mol. The fraction of sp³-hybridized carbons (Fsp3) is 0.130. The minimum atomic E-state index is -0.157. The van der Waals surface area contributed by atoms with E-state index in [1.54, 1.807) is 0 Å². The average Bonchev–Trinajstić information content (AvgIpc) is 3.82. The van der Waals surface area contributed by atoms with Gasteiger partial charge in [0.15, 0.2) is 12.0 Å². The Bertz CT molecular complexity index is 2370. The van der Waals surface area contributed by atoms with Crippen molar-refractivity contribution >= 4 is 22.6 Å².